The van der Waals surface area contributed by atoms with Crippen molar-refractivity contribution in [1.29, 1.82) is 0 Å². The molecule has 1 fully saturated rings. The van der Waals surface area contributed by atoms with Gasteiger partial charge in [0.25, 0.3) is 5.56 Å². The summed E-state index contributed by atoms with van der Waals surface area (Å²) in [5, 5.41) is 10.9. The molecule has 1 unspecified atom stereocenters. The molecule has 2 heterocycles. The van der Waals surface area contributed by atoms with E-state index in [1.54, 1.807) is 6.20 Å². The van der Waals surface area contributed by atoms with Gasteiger partial charge in [-0.1, -0.05) is 6.92 Å². The highest BCUT2D eigenvalue weighted by Crippen LogP contribution is 2.19. The molecule has 0 aliphatic carbocycles. The van der Waals surface area contributed by atoms with Crippen LogP contribution in [0.2, 0.25) is 0 Å². The van der Waals surface area contributed by atoms with Gasteiger partial charge < -0.3 is 10.6 Å². The van der Waals surface area contributed by atoms with Crippen molar-refractivity contribution < 1.29 is 0 Å². The van der Waals surface area contributed by atoms with Crippen LogP contribution >= 0.6 is 15.9 Å². The summed E-state index contributed by atoms with van der Waals surface area (Å²) >= 11 is 3.37. The molecule has 1 atom stereocenters. The van der Waals surface area contributed by atoms with Gasteiger partial charge in [0.2, 0.25) is 0 Å². The topological polar surface area (TPSA) is 59.0 Å². The average Bonchev–Trinajstić information content (AvgIpc) is 2.40. The van der Waals surface area contributed by atoms with Gasteiger partial charge in [0, 0.05) is 19.1 Å². The van der Waals surface area contributed by atoms with E-state index in [4.69, 9.17) is 0 Å². The van der Waals surface area contributed by atoms with Crippen molar-refractivity contribution in [3.63, 3.8) is 0 Å². The summed E-state index contributed by atoms with van der Waals surface area (Å²) in [6.45, 7) is 4.70. The largest absolute Gasteiger partial charge is 0.379 e. The Morgan fingerprint density at radius 2 is 2.50 bits per heavy atom. The van der Waals surface area contributed by atoms with Crippen LogP contribution in [0.3, 0.4) is 0 Å². The fourth-order valence-corrected chi connectivity index (χ4v) is 2.55. The third-order valence-corrected chi connectivity index (χ3v) is 3.84. The van der Waals surface area contributed by atoms with Crippen molar-refractivity contribution in [3.8, 4) is 0 Å². The zero-order chi connectivity index (χ0) is 13.0. The second-order valence-electron chi connectivity index (χ2n) is 4.59. The van der Waals surface area contributed by atoms with Crippen molar-refractivity contribution in [2.24, 2.45) is 0 Å². The number of rotatable bonds is 4. The van der Waals surface area contributed by atoms with Crippen molar-refractivity contribution in [3.05, 3.63) is 21.0 Å². The van der Waals surface area contributed by atoms with Crippen LogP contribution < -0.4 is 16.2 Å². The quantitative estimate of drug-likeness (QED) is 0.886. The zero-order valence-electron chi connectivity index (χ0n) is 10.6. The van der Waals surface area contributed by atoms with Gasteiger partial charge in [0.05, 0.1) is 11.9 Å². The number of halogens is 1. The van der Waals surface area contributed by atoms with Crippen LogP contribution in [-0.2, 0) is 6.54 Å². The minimum atomic E-state index is -0.0642. The van der Waals surface area contributed by atoms with E-state index in [1.807, 2.05) is 6.92 Å². The van der Waals surface area contributed by atoms with E-state index in [1.165, 1.54) is 4.68 Å². The van der Waals surface area contributed by atoms with Gasteiger partial charge in [-0.25, -0.2) is 4.68 Å². The Morgan fingerprint density at radius 3 is 3.17 bits per heavy atom. The van der Waals surface area contributed by atoms with E-state index < -0.39 is 0 Å². The monoisotopic (exact) mass is 314 g/mol. The van der Waals surface area contributed by atoms with Gasteiger partial charge in [0.1, 0.15) is 4.47 Å². The molecule has 5 nitrogen and oxygen atoms in total. The molecule has 2 N–H and O–H groups in total. The lowest BCUT2D eigenvalue weighted by atomic mass is 10.1. The Kier molecular flexibility index (Phi) is 4.77. The van der Waals surface area contributed by atoms with E-state index in [9.17, 15) is 4.79 Å². The van der Waals surface area contributed by atoms with Gasteiger partial charge in [-0.05, 0) is 41.7 Å². The normalized spacial score (nSPS) is 19.8. The fraction of sp³-hybridized carbons (Fsp3) is 0.667. The van der Waals surface area contributed by atoms with Gasteiger partial charge in [-0.15, -0.1) is 0 Å². The molecule has 0 spiro atoms. The second kappa shape index (κ2) is 6.33. The van der Waals surface area contributed by atoms with Gasteiger partial charge in [-0.3, -0.25) is 4.79 Å². The van der Waals surface area contributed by atoms with Gasteiger partial charge >= 0.3 is 0 Å². The van der Waals surface area contributed by atoms with Gasteiger partial charge in [-0.2, -0.15) is 5.10 Å². The van der Waals surface area contributed by atoms with E-state index in [2.05, 4.69) is 31.7 Å². The Hall–Kier alpha value is -0.880. The summed E-state index contributed by atoms with van der Waals surface area (Å²) in [6, 6.07) is 0.373. The number of anilines is 1. The minimum Gasteiger partial charge on any atom is -0.379 e. The molecule has 0 bridgehead atoms. The van der Waals surface area contributed by atoms with E-state index in [0.29, 0.717) is 17.1 Å². The molecule has 1 saturated heterocycles. The molecule has 0 radical (unpaired) electrons. The first kappa shape index (κ1) is 13.5. The fourth-order valence-electron chi connectivity index (χ4n) is 2.13. The van der Waals surface area contributed by atoms with Crippen LogP contribution in [0.15, 0.2) is 15.5 Å². The van der Waals surface area contributed by atoms with Crippen LogP contribution in [0.4, 0.5) is 5.69 Å². The predicted molar refractivity (Wildman–Crippen MR) is 76.0 cm³/mol. The second-order valence-corrected chi connectivity index (χ2v) is 5.38. The first-order chi connectivity index (χ1) is 8.72. The SMILES string of the molecule is CCCn1ncc(NC2CCCNC2)c(Br)c1=O. The summed E-state index contributed by atoms with van der Waals surface area (Å²) in [4.78, 5) is 12.0. The summed E-state index contributed by atoms with van der Waals surface area (Å²) in [5.41, 5.74) is 0.728. The van der Waals surface area contributed by atoms with E-state index in [-0.39, 0.29) is 5.56 Å². The van der Waals surface area contributed by atoms with Crippen molar-refractivity contribution in [1.82, 2.24) is 15.1 Å². The lowest BCUT2D eigenvalue weighted by Gasteiger charge is -2.25. The van der Waals surface area contributed by atoms with E-state index in [0.717, 1.165) is 38.0 Å². The lowest BCUT2D eigenvalue weighted by Crippen LogP contribution is -2.39. The molecule has 1 aromatic rings. The summed E-state index contributed by atoms with van der Waals surface area (Å²) in [5.74, 6) is 0. The number of aryl methyl sites for hydroxylation is 1. The molecule has 0 aromatic carbocycles. The van der Waals surface area contributed by atoms with Gasteiger partial charge in [0.15, 0.2) is 0 Å². The maximum atomic E-state index is 12.0. The number of hydrogen-bond donors (Lipinski definition) is 2. The molecule has 1 aliphatic heterocycles. The first-order valence-corrected chi connectivity index (χ1v) is 7.24. The Balaban J connectivity index is 2.13. The van der Waals surface area contributed by atoms with Crippen molar-refractivity contribution in [2.45, 2.75) is 38.8 Å². The summed E-state index contributed by atoms with van der Waals surface area (Å²) in [7, 11) is 0. The summed E-state index contributed by atoms with van der Waals surface area (Å²) in [6.07, 6.45) is 4.92. The number of aromatic nitrogens is 2. The van der Waals surface area contributed by atoms with Crippen LogP contribution in [-0.4, -0.2) is 28.9 Å². The van der Waals surface area contributed by atoms with Crippen LogP contribution in [0.1, 0.15) is 26.2 Å². The van der Waals surface area contributed by atoms with E-state index >= 15 is 0 Å². The maximum absolute atomic E-state index is 12.0. The highest BCUT2D eigenvalue weighted by molar-refractivity contribution is 9.10. The Labute approximate surface area is 115 Å². The minimum absolute atomic E-state index is 0.0642. The number of hydrogen-bond acceptors (Lipinski definition) is 4. The number of nitrogens with one attached hydrogen (secondary N) is 2. The Morgan fingerprint density at radius 1 is 1.67 bits per heavy atom. The maximum Gasteiger partial charge on any atom is 0.283 e. The third kappa shape index (κ3) is 3.11. The molecule has 100 valence electrons. The summed E-state index contributed by atoms with van der Waals surface area (Å²) < 4.78 is 2.07. The number of nitrogens with zero attached hydrogens (tertiary/aromatic N) is 2. The lowest BCUT2D eigenvalue weighted by molar-refractivity contribution is 0.479. The molecule has 2 rings (SSSR count). The van der Waals surface area contributed by atoms with Crippen LogP contribution in [0.25, 0.3) is 0 Å². The highest BCUT2D eigenvalue weighted by atomic mass is 79.9. The van der Waals surface area contributed by atoms with Crippen LogP contribution in [0.5, 0.6) is 0 Å². The molecular formula is C12H19BrN4O. The van der Waals surface area contributed by atoms with Crippen LogP contribution in [0, 0.1) is 0 Å². The molecule has 1 aromatic heterocycles. The number of piperidine rings is 1. The zero-order valence-corrected chi connectivity index (χ0v) is 12.2. The molecule has 6 heteroatoms. The Bertz CT molecular complexity index is 454. The van der Waals surface area contributed by atoms with Crippen molar-refractivity contribution >= 4 is 21.6 Å². The first-order valence-electron chi connectivity index (χ1n) is 6.45. The molecule has 0 saturated carbocycles. The molecule has 1 aliphatic rings. The highest BCUT2D eigenvalue weighted by Gasteiger charge is 2.15. The predicted octanol–water partition coefficient (Wildman–Crippen LogP) is 1.58. The molecule has 0 amide bonds. The standard InChI is InChI=1S/C12H19BrN4O/c1-2-6-17-12(18)11(13)10(8-15-17)16-9-4-3-5-14-7-9/h8-9,14,16H,2-7H2,1H3. The van der Waals surface area contributed by atoms with Crippen molar-refractivity contribution in [2.75, 3.05) is 18.4 Å². The molecule has 18 heavy (non-hydrogen) atoms. The third-order valence-electron chi connectivity index (χ3n) is 3.08. The average molecular weight is 315 g/mol. The molecular weight excluding hydrogens is 296 g/mol. The smallest absolute Gasteiger partial charge is 0.283 e.